The van der Waals surface area contributed by atoms with Crippen LogP contribution in [-0.2, 0) is 4.74 Å². The lowest BCUT2D eigenvalue weighted by atomic mass is 10.2. The average molecular weight is 220 g/mol. The molecule has 0 saturated heterocycles. The highest BCUT2D eigenvalue weighted by Gasteiger charge is 2.19. The van der Waals surface area contributed by atoms with Crippen molar-refractivity contribution in [3.63, 3.8) is 0 Å². The number of ether oxygens (including phenoxy) is 1. The van der Waals surface area contributed by atoms with Crippen LogP contribution in [0.5, 0.6) is 0 Å². The van der Waals surface area contributed by atoms with Crippen LogP contribution in [0.2, 0.25) is 5.02 Å². The van der Waals surface area contributed by atoms with Gasteiger partial charge < -0.3 is 10.5 Å². The van der Waals surface area contributed by atoms with E-state index in [1.54, 1.807) is 11.4 Å². The minimum atomic E-state index is -0.624. The van der Waals surface area contributed by atoms with Gasteiger partial charge in [-0.05, 0) is 11.4 Å². The monoisotopic (exact) mass is 219 g/mol. The zero-order chi connectivity index (χ0) is 9.84. The Hall–Kier alpha value is -0.420. The summed E-state index contributed by atoms with van der Waals surface area (Å²) in [6, 6.07) is 1.06. The minimum Gasteiger partial charge on any atom is -0.383 e. The largest absolute Gasteiger partial charge is 0.383 e. The molecule has 1 aromatic heterocycles. The quantitative estimate of drug-likeness (QED) is 0.782. The molecule has 13 heavy (non-hydrogen) atoms. The van der Waals surface area contributed by atoms with Gasteiger partial charge in [0.05, 0.1) is 22.5 Å². The molecule has 1 atom stereocenters. The zero-order valence-corrected chi connectivity index (χ0v) is 8.69. The summed E-state index contributed by atoms with van der Waals surface area (Å²) in [6.07, 6.45) is 0. The summed E-state index contributed by atoms with van der Waals surface area (Å²) in [5.41, 5.74) is 5.56. The molecule has 0 spiro atoms. The highest BCUT2D eigenvalue weighted by molar-refractivity contribution is 7.12. The second-order valence-corrected chi connectivity index (χ2v) is 3.85. The molecule has 0 aliphatic carbocycles. The number of hydrogen-bond donors (Lipinski definition) is 1. The smallest absolute Gasteiger partial charge is 0.193 e. The summed E-state index contributed by atoms with van der Waals surface area (Å²) >= 11 is 7.07. The molecule has 0 aromatic carbocycles. The van der Waals surface area contributed by atoms with E-state index in [0.717, 1.165) is 0 Å². The highest BCUT2D eigenvalue weighted by Crippen LogP contribution is 2.23. The Morgan fingerprint density at radius 3 is 3.00 bits per heavy atom. The summed E-state index contributed by atoms with van der Waals surface area (Å²) in [4.78, 5) is 12.0. The number of Topliss-reactive ketones (excluding diaryl/α,β-unsaturated/α-hetero) is 1. The lowest BCUT2D eigenvalue weighted by Crippen LogP contribution is -2.34. The van der Waals surface area contributed by atoms with Gasteiger partial charge in [0.2, 0.25) is 0 Å². The van der Waals surface area contributed by atoms with E-state index in [1.807, 2.05) is 0 Å². The van der Waals surface area contributed by atoms with E-state index >= 15 is 0 Å². The number of methoxy groups -OCH3 is 1. The Kier molecular flexibility index (Phi) is 3.87. The van der Waals surface area contributed by atoms with Crippen molar-refractivity contribution >= 4 is 28.7 Å². The SMILES string of the molecule is COCC(N)C(=O)c1sccc1Cl. The molecule has 0 fully saturated rings. The summed E-state index contributed by atoms with van der Waals surface area (Å²) in [5, 5.41) is 2.22. The third kappa shape index (κ3) is 2.51. The van der Waals surface area contributed by atoms with Crippen molar-refractivity contribution in [1.82, 2.24) is 0 Å². The maximum atomic E-state index is 11.5. The number of hydrogen-bond acceptors (Lipinski definition) is 4. The number of carbonyl (C=O) groups excluding carboxylic acids is 1. The number of nitrogens with two attached hydrogens (primary N) is 1. The van der Waals surface area contributed by atoms with Crippen LogP contribution in [-0.4, -0.2) is 25.5 Å². The molecule has 1 rings (SSSR count). The minimum absolute atomic E-state index is 0.165. The first-order valence-corrected chi connectivity index (χ1v) is 4.94. The zero-order valence-electron chi connectivity index (χ0n) is 7.12. The first kappa shape index (κ1) is 10.7. The van der Waals surface area contributed by atoms with Crippen LogP contribution in [0.15, 0.2) is 11.4 Å². The third-order valence-corrected chi connectivity index (χ3v) is 2.88. The Morgan fingerprint density at radius 1 is 1.85 bits per heavy atom. The molecule has 0 bridgehead atoms. The number of rotatable bonds is 4. The van der Waals surface area contributed by atoms with Crippen molar-refractivity contribution in [2.75, 3.05) is 13.7 Å². The van der Waals surface area contributed by atoms with Gasteiger partial charge in [0.25, 0.3) is 0 Å². The molecule has 1 aromatic rings. The Balaban J connectivity index is 2.73. The fourth-order valence-corrected chi connectivity index (χ4v) is 2.05. The Bertz CT molecular complexity index is 300. The van der Waals surface area contributed by atoms with Gasteiger partial charge in [0.1, 0.15) is 0 Å². The van der Waals surface area contributed by atoms with Gasteiger partial charge in [-0.15, -0.1) is 11.3 Å². The molecule has 0 radical (unpaired) electrons. The molecular formula is C8H10ClNO2S. The van der Waals surface area contributed by atoms with Gasteiger partial charge in [-0.25, -0.2) is 0 Å². The van der Waals surface area contributed by atoms with Crippen molar-refractivity contribution in [2.45, 2.75) is 6.04 Å². The van der Waals surface area contributed by atoms with Crippen LogP contribution in [0.1, 0.15) is 9.67 Å². The fourth-order valence-electron chi connectivity index (χ4n) is 0.893. The second kappa shape index (κ2) is 4.72. The Morgan fingerprint density at radius 2 is 2.54 bits per heavy atom. The van der Waals surface area contributed by atoms with E-state index in [0.29, 0.717) is 9.90 Å². The molecule has 0 saturated carbocycles. The molecule has 0 amide bonds. The van der Waals surface area contributed by atoms with Gasteiger partial charge in [0, 0.05) is 7.11 Å². The standard InChI is InChI=1S/C8H10ClNO2S/c1-12-4-6(10)7(11)8-5(9)2-3-13-8/h2-3,6H,4,10H2,1H3. The van der Waals surface area contributed by atoms with Crippen LogP contribution in [0, 0.1) is 0 Å². The first-order chi connectivity index (χ1) is 6.16. The van der Waals surface area contributed by atoms with E-state index in [2.05, 4.69) is 0 Å². The number of carbonyl (C=O) groups is 1. The van der Waals surface area contributed by atoms with Crippen LogP contribution >= 0.6 is 22.9 Å². The van der Waals surface area contributed by atoms with Gasteiger partial charge in [-0.2, -0.15) is 0 Å². The van der Waals surface area contributed by atoms with Crippen molar-refractivity contribution in [1.29, 1.82) is 0 Å². The molecule has 0 aliphatic rings. The van der Waals surface area contributed by atoms with E-state index < -0.39 is 6.04 Å². The van der Waals surface area contributed by atoms with Crippen LogP contribution in [0.25, 0.3) is 0 Å². The molecule has 5 heteroatoms. The Labute approximate surface area is 85.4 Å². The average Bonchev–Trinajstić information content (AvgIpc) is 2.50. The number of thiophene rings is 1. The lowest BCUT2D eigenvalue weighted by molar-refractivity contribution is 0.0896. The van der Waals surface area contributed by atoms with Gasteiger partial charge in [-0.3, -0.25) is 4.79 Å². The first-order valence-electron chi connectivity index (χ1n) is 3.68. The number of halogens is 1. The fraction of sp³-hybridized carbons (Fsp3) is 0.375. The summed E-state index contributed by atoms with van der Waals surface area (Å²) < 4.78 is 4.78. The van der Waals surface area contributed by atoms with Crippen LogP contribution < -0.4 is 5.73 Å². The maximum Gasteiger partial charge on any atom is 0.193 e. The predicted molar refractivity (Wildman–Crippen MR) is 53.5 cm³/mol. The van der Waals surface area contributed by atoms with Gasteiger partial charge >= 0.3 is 0 Å². The van der Waals surface area contributed by atoms with Crippen molar-refractivity contribution in [3.8, 4) is 0 Å². The van der Waals surface area contributed by atoms with Crippen molar-refractivity contribution < 1.29 is 9.53 Å². The highest BCUT2D eigenvalue weighted by atomic mass is 35.5. The van der Waals surface area contributed by atoms with E-state index in [4.69, 9.17) is 22.1 Å². The summed E-state index contributed by atoms with van der Waals surface area (Å²) in [5.74, 6) is -0.165. The predicted octanol–water partition coefficient (Wildman–Crippen LogP) is 1.56. The van der Waals surface area contributed by atoms with Crippen LogP contribution in [0.3, 0.4) is 0 Å². The third-order valence-electron chi connectivity index (χ3n) is 1.52. The summed E-state index contributed by atoms with van der Waals surface area (Å²) in [6.45, 7) is 0.215. The molecule has 2 N–H and O–H groups in total. The molecular weight excluding hydrogens is 210 g/mol. The second-order valence-electron chi connectivity index (χ2n) is 2.52. The molecule has 1 unspecified atom stereocenters. The normalized spacial score (nSPS) is 12.8. The molecule has 1 heterocycles. The van der Waals surface area contributed by atoms with E-state index in [-0.39, 0.29) is 12.4 Å². The van der Waals surface area contributed by atoms with Crippen molar-refractivity contribution in [3.05, 3.63) is 21.3 Å². The summed E-state index contributed by atoms with van der Waals surface area (Å²) in [7, 11) is 1.50. The van der Waals surface area contributed by atoms with E-state index in [9.17, 15) is 4.79 Å². The van der Waals surface area contributed by atoms with Gasteiger partial charge in [-0.1, -0.05) is 11.6 Å². The molecule has 72 valence electrons. The lowest BCUT2D eigenvalue weighted by Gasteiger charge is -2.07. The number of ketones is 1. The molecule has 3 nitrogen and oxygen atoms in total. The van der Waals surface area contributed by atoms with E-state index in [1.165, 1.54) is 18.4 Å². The van der Waals surface area contributed by atoms with Crippen molar-refractivity contribution in [2.24, 2.45) is 5.73 Å². The van der Waals surface area contributed by atoms with Gasteiger partial charge in [0.15, 0.2) is 5.78 Å². The van der Waals surface area contributed by atoms with Crippen LogP contribution in [0.4, 0.5) is 0 Å². The maximum absolute atomic E-state index is 11.5. The molecule has 0 aliphatic heterocycles. The topological polar surface area (TPSA) is 52.3 Å².